The molecule has 0 saturated carbocycles. The maximum absolute atomic E-state index is 4.09. The number of hydrogen-bond donors (Lipinski definition) is 2. The molecule has 2 nitrogen and oxygen atoms in total. The summed E-state index contributed by atoms with van der Waals surface area (Å²) in [4.78, 5) is 1.52. The Morgan fingerprint density at radius 2 is 2.12 bits per heavy atom. The fourth-order valence-electron chi connectivity index (χ4n) is 2.20. The van der Waals surface area contributed by atoms with Crippen LogP contribution < -0.4 is 10.6 Å². The summed E-state index contributed by atoms with van der Waals surface area (Å²) in [6.45, 7) is 7.82. The molecule has 2 N–H and O–H groups in total. The minimum Gasteiger partial charge on any atom is -0.388 e. The third-order valence-electron chi connectivity index (χ3n) is 3.01. The maximum Gasteiger partial charge on any atom is 0.102 e. The summed E-state index contributed by atoms with van der Waals surface area (Å²) in [5.74, 6) is 0. The minimum atomic E-state index is 1.00. The molecule has 1 heterocycles. The molecule has 0 radical (unpaired) electrons. The number of anilines is 1. The van der Waals surface area contributed by atoms with E-state index >= 15 is 0 Å². The van der Waals surface area contributed by atoms with Gasteiger partial charge in [-0.05, 0) is 37.4 Å². The van der Waals surface area contributed by atoms with Crippen molar-refractivity contribution in [2.45, 2.75) is 25.7 Å². The van der Waals surface area contributed by atoms with Crippen LogP contribution in [0.1, 0.15) is 28.8 Å². The van der Waals surface area contributed by atoms with Gasteiger partial charge < -0.3 is 10.6 Å². The molecular formula is C13H18N2S. The molecule has 1 aliphatic carbocycles. The van der Waals surface area contributed by atoms with Gasteiger partial charge in [0.15, 0.2) is 0 Å². The van der Waals surface area contributed by atoms with E-state index in [4.69, 9.17) is 0 Å². The van der Waals surface area contributed by atoms with Crippen LogP contribution in [0.3, 0.4) is 0 Å². The normalized spacial score (nSPS) is 14.1. The van der Waals surface area contributed by atoms with Crippen LogP contribution in [0, 0.1) is 0 Å². The van der Waals surface area contributed by atoms with Gasteiger partial charge in [0.25, 0.3) is 0 Å². The number of hydrogen-bond acceptors (Lipinski definition) is 3. The summed E-state index contributed by atoms with van der Waals surface area (Å²) >= 11 is 1.85. The van der Waals surface area contributed by atoms with Crippen molar-refractivity contribution >= 4 is 22.0 Å². The second-order valence-corrected chi connectivity index (χ2v) is 5.10. The van der Waals surface area contributed by atoms with Gasteiger partial charge in [0.1, 0.15) is 5.00 Å². The van der Waals surface area contributed by atoms with Crippen molar-refractivity contribution < 1.29 is 0 Å². The van der Waals surface area contributed by atoms with E-state index < -0.39 is 0 Å². The molecule has 1 aromatic heterocycles. The Morgan fingerprint density at radius 1 is 1.38 bits per heavy atom. The number of fused-ring (bicyclic) bond motifs is 1. The van der Waals surface area contributed by atoms with Crippen LogP contribution in [0.15, 0.2) is 19.4 Å². The zero-order chi connectivity index (χ0) is 11.5. The summed E-state index contributed by atoms with van der Waals surface area (Å²) in [6.07, 6.45) is 6.74. The number of thiophene rings is 1. The number of rotatable bonds is 4. The molecular weight excluding hydrogens is 216 g/mol. The predicted molar refractivity (Wildman–Crippen MR) is 72.9 cm³/mol. The molecule has 0 amide bonds. The van der Waals surface area contributed by atoms with E-state index in [1.165, 1.54) is 46.7 Å². The minimum absolute atomic E-state index is 1.00. The van der Waals surface area contributed by atoms with Crippen molar-refractivity contribution in [3.05, 3.63) is 35.4 Å². The highest BCUT2D eigenvalue weighted by atomic mass is 32.1. The van der Waals surface area contributed by atoms with Crippen LogP contribution >= 0.6 is 11.3 Å². The first-order valence-corrected chi connectivity index (χ1v) is 6.48. The Kier molecular flexibility index (Phi) is 3.34. The van der Waals surface area contributed by atoms with Crippen LogP contribution in [0.25, 0.3) is 5.70 Å². The lowest BCUT2D eigenvalue weighted by Gasteiger charge is -2.14. The van der Waals surface area contributed by atoms with Gasteiger partial charge in [-0.25, -0.2) is 0 Å². The Morgan fingerprint density at radius 3 is 2.81 bits per heavy atom. The highest BCUT2D eigenvalue weighted by Crippen LogP contribution is 2.40. The topological polar surface area (TPSA) is 24.1 Å². The molecule has 0 aromatic carbocycles. The monoisotopic (exact) mass is 234 g/mol. The average molecular weight is 234 g/mol. The summed E-state index contributed by atoms with van der Waals surface area (Å²) < 4.78 is 0. The summed E-state index contributed by atoms with van der Waals surface area (Å²) in [5.41, 5.74) is 3.76. The maximum atomic E-state index is 4.09. The molecule has 86 valence electrons. The Bertz CT molecular complexity index is 418. The van der Waals surface area contributed by atoms with Crippen LogP contribution in [0.2, 0.25) is 0 Å². The van der Waals surface area contributed by atoms with E-state index in [9.17, 15) is 0 Å². The molecule has 2 rings (SSSR count). The van der Waals surface area contributed by atoms with E-state index in [0.29, 0.717) is 0 Å². The first kappa shape index (κ1) is 11.3. The largest absolute Gasteiger partial charge is 0.388 e. The predicted octanol–water partition coefficient (Wildman–Crippen LogP) is 3.37. The second kappa shape index (κ2) is 4.74. The molecule has 0 bridgehead atoms. The Labute approximate surface area is 101 Å². The van der Waals surface area contributed by atoms with E-state index in [1.54, 1.807) is 6.20 Å². The van der Waals surface area contributed by atoms with E-state index in [2.05, 4.69) is 23.8 Å². The number of aryl methyl sites for hydroxylation is 1. The molecule has 0 spiro atoms. The molecule has 0 saturated heterocycles. The van der Waals surface area contributed by atoms with Crippen molar-refractivity contribution in [3.63, 3.8) is 0 Å². The van der Waals surface area contributed by atoms with Crippen molar-refractivity contribution in [2.75, 3.05) is 12.4 Å². The molecule has 16 heavy (non-hydrogen) atoms. The van der Waals surface area contributed by atoms with E-state index in [0.717, 1.165) is 5.70 Å². The third kappa shape index (κ3) is 1.87. The van der Waals surface area contributed by atoms with Gasteiger partial charge >= 0.3 is 0 Å². The Hall–Kier alpha value is -1.22. The third-order valence-corrected chi connectivity index (χ3v) is 4.23. The van der Waals surface area contributed by atoms with E-state index in [-0.39, 0.29) is 0 Å². The highest BCUT2D eigenvalue weighted by Gasteiger charge is 2.21. The standard InChI is InChI=1S/C13H18N2S/c1-4-15-13-12(9(2)14-3)10-7-5-6-8-11(10)16-13/h4,14-15H,1-2,5-8H2,3H3. The fraction of sp³-hybridized carbons (Fsp3) is 0.385. The second-order valence-electron chi connectivity index (χ2n) is 3.99. The van der Waals surface area contributed by atoms with Crippen molar-refractivity contribution in [1.29, 1.82) is 0 Å². The van der Waals surface area contributed by atoms with Gasteiger partial charge in [0.2, 0.25) is 0 Å². The van der Waals surface area contributed by atoms with Crippen LogP contribution in [-0.2, 0) is 12.8 Å². The zero-order valence-electron chi connectivity index (χ0n) is 9.73. The van der Waals surface area contributed by atoms with Gasteiger partial charge in [-0.3, -0.25) is 0 Å². The molecule has 3 heteroatoms. The highest BCUT2D eigenvalue weighted by molar-refractivity contribution is 7.16. The SMILES string of the molecule is C=CNc1sc2c(c1C(=C)NC)CCCC2. The van der Waals surface area contributed by atoms with Crippen LogP contribution in [-0.4, -0.2) is 7.05 Å². The van der Waals surface area contributed by atoms with Gasteiger partial charge in [0, 0.05) is 23.2 Å². The van der Waals surface area contributed by atoms with Gasteiger partial charge in [-0.15, -0.1) is 11.3 Å². The molecule has 0 fully saturated rings. The lowest BCUT2D eigenvalue weighted by atomic mass is 9.94. The molecule has 0 atom stereocenters. The smallest absolute Gasteiger partial charge is 0.102 e. The van der Waals surface area contributed by atoms with Crippen molar-refractivity contribution in [1.82, 2.24) is 5.32 Å². The van der Waals surface area contributed by atoms with Crippen LogP contribution in [0.4, 0.5) is 5.00 Å². The Balaban J connectivity index is 2.47. The van der Waals surface area contributed by atoms with Gasteiger partial charge in [0.05, 0.1) is 0 Å². The fourth-order valence-corrected chi connectivity index (χ4v) is 3.52. The van der Waals surface area contributed by atoms with Gasteiger partial charge in [-0.1, -0.05) is 13.2 Å². The zero-order valence-corrected chi connectivity index (χ0v) is 10.5. The lowest BCUT2D eigenvalue weighted by molar-refractivity contribution is 0.695. The first-order chi connectivity index (χ1) is 7.77. The van der Waals surface area contributed by atoms with Crippen molar-refractivity contribution in [3.8, 4) is 0 Å². The average Bonchev–Trinajstić information content (AvgIpc) is 2.66. The molecule has 1 aromatic rings. The first-order valence-electron chi connectivity index (χ1n) is 5.67. The van der Waals surface area contributed by atoms with Crippen LogP contribution in [0.5, 0.6) is 0 Å². The van der Waals surface area contributed by atoms with Crippen molar-refractivity contribution in [2.24, 2.45) is 0 Å². The molecule has 0 unspecified atom stereocenters. The molecule has 1 aliphatic rings. The van der Waals surface area contributed by atoms with Gasteiger partial charge in [-0.2, -0.15) is 0 Å². The number of nitrogens with one attached hydrogen (secondary N) is 2. The van der Waals surface area contributed by atoms with E-state index in [1.807, 2.05) is 18.4 Å². The quantitative estimate of drug-likeness (QED) is 0.834. The summed E-state index contributed by atoms with van der Waals surface area (Å²) in [6, 6.07) is 0. The summed E-state index contributed by atoms with van der Waals surface area (Å²) in [7, 11) is 1.92. The molecule has 0 aliphatic heterocycles. The lowest BCUT2D eigenvalue weighted by Crippen LogP contribution is -2.08. The summed E-state index contributed by atoms with van der Waals surface area (Å²) in [5, 5.41) is 7.57.